The Morgan fingerprint density at radius 3 is 2.59 bits per heavy atom. The number of hydrogen-bond acceptors (Lipinski definition) is 5. The molecule has 0 bridgehead atoms. The number of hydrogen-bond donors (Lipinski definition) is 3. The predicted molar refractivity (Wildman–Crippen MR) is 110 cm³/mol. The van der Waals surface area contributed by atoms with E-state index < -0.39 is 11.8 Å². The van der Waals surface area contributed by atoms with Crippen LogP contribution in [0.25, 0.3) is 17.4 Å². The molecule has 0 unspecified atom stereocenters. The summed E-state index contributed by atoms with van der Waals surface area (Å²) < 4.78 is 5.67. The highest BCUT2D eigenvalue weighted by molar-refractivity contribution is 6.30. The number of amides is 2. The van der Waals surface area contributed by atoms with E-state index in [1.807, 2.05) is 12.1 Å². The molecular formula is C21H16ClN3O4. The van der Waals surface area contributed by atoms with Crippen LogP contribution >= 0.6 is 11.6 Å². The summed E-state index contributed by atoms with van der Waals surface area (Å²) in [6, 6.07) is 17.3. The van der Waals surface area contributed by atoms with Crippen LogP contribution in [0.1, 0.15) is 21.7 Å². The second-order valence-electron chi connectivity index (χ2n) is 5.84. The number of rotatable bonds is 6. The van der Waals surface area contributed by atoms with E-state index in [1.54, 1.807) is 48.5 Å². The van der Waals surface area contributed by atoms with Crippen molar-refractivity contribution in [2.75, 3.05) is 0 Å². The molecular weight excluding hydrogens is 394 g/mol. The van der Waals surface area contributed by atoms with Gasteiger partial charge in [-0.3, -0.25) is 14.8 Å². The van der Waals surface area contributed by atoms with Gasteiger partial charge >= 0.3 is 0 Å². The SMILES string of the molecule is O=C(/C=C/c1ccc(C(=O)N/N=C/c2ccc(-c3cccc(Cl)c3)o2)cc1)NO. The van der Waals surface area contributed by atoms with Crippen molar-refractivity contribution >= 4 is 35.7 Å². The zero-order valence-electron chi connectivity index (χ0n) is 15.0. The topological polar surface area (TPSA) is 104 Å². The van der Waals surface area contributed by atoms with E-state index in [0.29, 0.717) is 27.7 Å². The smallest absolute Gasteiger partial charge is 0.271 e. The second-order valence-corrected chi connectivity index (χ2v) is 6.28. The largest absolute Gasteiger partial charge is 0.455 e. The van der Waals surface area contributed by atoms with Gasteiger partial charge in [0.25, 0.3) is 11.8 Å². The Bertz CT molecular complexity index is 1070. The fraction of sp³-hybridized carbons (Fsp3) is 0. The molecule has 0 radical (unpaired) electrons. The zero-order chi connectivity index (χ0) is 20.6. The summed E-state index contributed by atoms with van der Waals surface area (Å²) in [5.41, 5.74) is 5.84. The number of halogens is 1. The van der Waals surface area contributed by atoms with E-state index in [-0.39, 0.29) is 0 Å². The second kappa shape index (κ2) is 9.50. The molecule has 1 heterocycles. The van der Waals surface area contributed by atoms with Gasteiger partial charge in [-0.2, -0.15) is 5.10 Å². The number of furan rings is 1. The van der Waals surface area contributed by atoms with Crippen LogP contribution in [-0.2, 0) is 4.79 Å². The lowest BCUT2D eigenvalue weighted by atomic mass is 10.1. The lowest BCUT2D eigenvalue weighted by molar-refractivity contribution is -0.124. The van der Waals surface area contributed by atoms with Crippen LogP contribution in [0.4, 0.5) is 0 Å². The third kappa shape index (κ3) is 5.65. The van der Waals surface area contributed by atoms with Crippen molar-refractivity contribution in [2.24, 2.45) is 5.10 Å². The van der Waals surface area contributed by atoms with Gasteiger partial charge in [-0.05, 0) is 48.0 Å². The first-order valence-corrected chi connectivity index (χ1v) is 8.84. The molecule has 0 aliphatic heterocycles. The molecule has 0 saturated carbocycles. The first-order chi connectivity index (χ1) is 14.0. The molecule has 0 spiro atoms. The van der Waals surface area contributed by atoms with Gasteiger partial charge in [-0.1, -0.05) is 35.9 Å². The van der Waals surface area contributed by atoms with Gasteiger partial charge in [0.1, 0.15) is 11.5 Å². The number of hydrazone groups is 1. The molecule has 1 aromatic heterocycles. The summed E-state index contributed by atoms with van der Waals surface area (Å²) in [5, 5.41) is 12.9. The summed E-state index contributed by atoms with van der Waals surface area (Å²) in [4.78, 5) is 23.1. The molecule has 3 rings (SSSR count). The first kappa shape index (κ1) is 20.1. The first-order valence-electron chi connectivity index (χ1n) is 8.46. The maximum atomic E-state index is 12.1. The Labute approximate surface area is 171 Å². The maximum Gasteiger partial charge on any atom is 0.271 e. The standard InChI is InChI=1S/C21H16ClN3O4/c22-17-3-1-2-16(12-17)19-10-9-18(29-19)13-23-24-21(27)15-7-4-14(5-8-15)6-11-20(26)25-28/h1-13,28H,(H,24,27)(H,25,26)/b11-6+,23-13+. The van der Waals surface area contributed by atoms with Crippen molar-refractivity contribution in [3.8, 4) is 11.3 Å². The van der Waals surface area contributed by atoms with E-state index in [0.717, 1.165) is 5.56 Å². The number of nitrogens with one attached hydrogen (secondary N) is 2. The van der Waals surface area contributed by atoms with Crippen LogP contribution in [0.15, 0.2) is 76.3 Å². The number of carbonyl (C=O) groups excluding carboxylic acids is 2. The maximum absolute atomic E-state index is 12.1. The fourth-order valence-electron chi connectivity index (χ4n) is 2.39. The lowest BCUT2D eigenvalue weighted by Gasteiger charge is -2.00. The van der Waals surface area contributed by atoms with Crippen LogP contribution in [0.5, 0.6) is 0 Å². The van der Waals surface area contributed by atoms with E-state index in [2.05, 4.69) is 10.5 Å². The van der Waals surface area contributed by atoms with Gasteiger partial charge in [-0.25, -0.2) is 10.9 Å². The van der Waals surface area contributed by atoms with Gasteiger partial charge in [0.2, 0.25) is 0 Å². The molecule has 0 fully saturated rings. The van der Waals surface area contributed by atoms with Crippen LogP contribution in [0, 0.1) is 0 Å². The highest BCUT2D eigenvalue weighted by Gasteiger charge is 2.06. The highest BCUT2D eigenvalue weighted by atomic mass is 35.5. The Kier molecular flexibility index (Phi) is 6.57. The van der Waals surface area contributed by atoms with E-state index >= 15 is 0 Å². The van der Waals surface area contributed by atoms with Crippen molar-refractivity contribution in [3.63, 3.8) is 0 Å². The number of hydroxylamine groups is 1. The normalized spacial score (nSPS) is 11.1. The minimum atomic E-state index is -0.641. The molecule has 0 aliphatic carbocycles. The zero-order valence-corrected chi connectivity index (χ0v) is 15.8. The van der Waals surface area contributed by atoms with Gasteiger partial charge < -0.3 is 4.42 Å². The summed E-state index contributed by atoms with van der Waals surface area (Å²) in [5.74, 6) is 0.0748. The molecule has 29 heavy (non-hydrogen) atoms. The minimum absolute atomic E-state index is 0.393. The van der Waals surface area contributed by atoms with Gasteiger partial charge in [0, 0.05) is 22.2 Å². The Morgan fingerprint density at radius 1 is 1.07 bits per heavy atom. The van der Waals surface area contributed by atoms with Crippen molar-refractivity contribution in [3.05, 3.63) is 88.6 Å². The highest BCUT2D eigenvalue weighted by Crippen LogP contribution is 2.24. The minimum Gasteiger partial charge on any atom is -0.455 e. The van der Waals surface area contributed by atoms with E-state index in [1.165, 1.54) is 23.8 Å². The molecule has 8 heteroatoms. The van der Waals surface area contributed by atoms with Crippen molar-refractivity contribution in [1.29, 1.82) is 0 Å². The Morgan fingerprint density at radius 2 is 1.86 bits per heavy atom. The van der Waals surface area contributed by atoms with Crippen molar-refractivity contribution in [2.45, 2.75) is 0 Å². The quantitative estimate of drug-likeness (QED) is 0.249. The molecule has 0 saturated heterocycles. The third-order valence-electron chi connectivity index (χ3n) is 3.80. The summed E-state index contributed by atoms with van der Waals surface area (Å²) >= 11 is 5.98. The molecule has 3 N–H and O–H groups in total. The number of benzene rings is 2. The van der Waals surface area contributed by atoms with Crippen molar-refractivity contribution < 1.29 is 19.2 Å². The van der Waals surface area contributed by atoms with Gasteiger partial charge in [0.05, 0.1) is 6.21 Å². The average Bonchev–Trinajstić information content (AvgIpc) is 3.21. The summed E-state index contributed by atoms with van der Waals surface area (Å²) in [7, 11) is 0. The third-order valence-corrected chi connectivity index (χ3v) is 4.04. The molecule has 2 amide bonds. The molecule has 146 valence electrons. The lowest BCUT2D eigenvalue weighted by Crippen LogP contribution is -2.17. The van der Waals surface area contributed by atoms with Crippen LogP contribution < -0.4 is 10.9 Å². The summed E-state index contributed by atoms with van der Waals surface area (Å²) in [6.07, 6.45) is 4.07. The number of nitrogens with zero attached hydrogens (tertiary/aromatic N) is 1. The average molecular weight is 410 g/mol. The number of carbonyl (C=O) groups is 2. The van der Waals surface area contributed by atoms with E-state index in [4.69, 9.17) is 21.2 Å². The Balaban J connectivity index is 1.58. The van der Waals surface area contributed by atoms with E-state index in [9.17, 15) is 9.59 Å². The fourth-order valence-corrected chi connectivity index (χ4v) is 2.58. The molecule has 3 aromatic rings. The molecule has 2 aromatic carbocycles. The van der Waals surface area contributed by atoms with Crippen molar-refractivity contribution in [1.82, 2.24) is 10.9 Å². The predicted octanol–water partition coefficient (Wildman–Crippen LogP) is 3.88. The molecule has 0 atom stereocenters. The van der Waals surface area contributed by atoms with Gasteiger partial charge in [-0.15, -0.1) is 0 Å². The van der Waals surface area contributed by atoms with Crippen LogP contribution in [0.3, 0.4) is 0 Å². The monoisotopic (exact) mass is 409 g/mol. The molecule has 0 aliphatic rings. The molecule has 7 nitrogen and oxygen atoms in total. The van der Waals surface area contributed by atoms with Crippen LogP contribution in [-0.4, -0.2) is 23.2 Å². The van der Waals surface area contributed by atoms with Crippen LogP contribution in [0.2, 0.25) is 5.02 Å². The summed E-state index contributed by atoms with van der Waals surface area (Å²) in [6.45, 7) is 0. The Hall–Kier alpha value is -3.68. The van der Waals surface area contributed by atoms with Gasteiger partial charge in [0.15, 0.2) is 0 Å².